The Labute approximate surface area is 221 Å². The maximum atomic E-state index is 13.7. The van der Waals surface area contributed by atoms with Gasteiger partial charge in [0.05, 0.1) is 49.9 Å². The first-order valence-corrected chi connectivity index (χ1v) is 13.7. The molecule has 202 valence electrons. The molecule has 10 heteroatoms. The molecular formula is C27H38N4O5S. The lowest BCUT2D eigenvalue weighted by molar-refractivity contribution is -0.0721. The van der Waals surface area contributed by atoms with E-state index in [1.165, 1.54) is 28.3 Å². The van der Waals surface area contributed by atoms with Gasteiger partial charge < -0.3 is 9.47 Å². The fourth-order valence-electron chi connectivity index (χ4n) is 3.87. The van der Waals surface area contributed by atoms with E-state index in [1.807, 2.05) is 25.1 Å². The highest BCUT2D eigenvalue weighted by Gasteiger charge is 2.36. The number of pyridine rings is 1. The van der Waals surface area contributed by atoms with Gasteiger partial charge in [-0.2, -0.15) is 12.7 Å². The second kappa shape index (κ2) is 14.7. The number of carbonyl (C=O) groups excluding carboxylic acids is 1. The Hall–Kier alpha value is -2.97. The second-order valence-corrected chi connectivity index (χ2v) is 10.6. The molecule has 1 aromatic carbocycles. The lowest BCUT2D eigenvalue weighted by Crippen LogP contribution is -2.59. The SMILES string of the molecule is C#C.CCC.COC(=O)c1ccc(CN(c2cccc(C)c2)S(=O)(=O)N2CCN(C3COC3)CC2)nc1. The van der Waals surface area contributed by atoms with Crippen LogP contribution in [0.1, 0.15) is 41.9 Å². The minimum Gasteiger partial charge on any atom is -0.465 e. The van der Waals surface area contributed by atoms with Crippen molar-refractivity contribution in [3.05, 3.63) is 59.4 Å². The van der Waals surface area contributed by atoms with E-state index in [0.717, 1.165) is 18.8 Å². The number of carbonyl (C=O) groups is 1. The number of anilines is 1. The Morgan fingerprint density at radius 3 is 2.27 bits per heavy atom. The van der Waals surface area contributed by atoms with Crippen molar-refractivity contribution in [3.8, 4) is 12.8 Å². The van der Waals surface area contributed by atoms with Gasteiger partial charge in [-0.3, -0.25) is 14.2 Å². The predicted molar refractivity (Wildman–Crippen MR) is 145 cm³/mol. The van der Waals surface area contributed by atoms with Gasteiger partial charge in [0.15, 0.2) is 0 Å². The van der Waals surface area contributed by atoms with Crippen molar-refractivity contribution in [2.24, 2.45) is 0 Å². The molecule has 2 saturated heterocycles. The number of nitrogens with zero attached hydrogens (tertiary/aromatic N) is 4. The summed E-state index contributed by atoms with van der Waals surface area (Å²) >= 11 is 0. The zero-order chi connectivity index (χ0) is 27.4. The van der Waals surface area contributed by atoms with Crippen molar-refractivity contribution in [3.63, 3.8) is 0 Å². The quantitative estimate of drug-likeness (QED) is 0.401. The Morgan fingerprint density at radius 1 is 1.14 bits per heavy atom. The fraction of sp³-hybridized carbons (Fsp3) is 0.481. The van der Waals surface area contributed by atoms with Crippen LogP contribution >= 0.6 is 0 Å². The molecule has 9 nitrogen and oxygen atoms in total. The summed E-state index contributed by atoms with van der Waals surface area (Å²) < 4.78 is 40.3. The van der Waals surface area contributed by atoms with Crippen molar-refractivity contribution in [2.75, 3.05) is 50.8 Å². The van der Waals surface area contributed by atoms with Crippen molar-refractivity contribution in [2.45, 2.75) is 39.8 Å². The van der Waals surface area contributed by atoms with Crippen LogP contribution in [0.2, 0.25) is 0 Å². The number of ether oxygens (including phenoxy) is 2. The smallest absolute Gasteiger partial charge is 0.339 e. The first-order valence-electron chi connectivity index (χ1n) is 12.3. The van der Waals surface area contributed by atoms with Gasteiger partial charge in [0.25, 0.3) is 0 Å². The summed E-state index contributed by atoms with van der Waals surface area (Å²) in [7, 11) is -2.48. The van der Waals surface area contributed by atoms with Crippen LogP contribution in [0.3, 0.4) is 0 Å². The van der Waals surface area contributed by atoms with Gasteiger partial charge in [-0.15, -0.1) is 12.8 Å². The van der Waals surface area contributed by atoms with Crippen LogP contribution < -0.4 is 4.31 Å². The van der Waals surface area contributed by atoms with E-state index in [-0.39, 0.29) is 6.54 Å². The lowest BCUT2D eigenvalue weighted by Gasteiger charge is -2.43. The van der Waals surface area contributed by atoms with Crippen LogP contribution in [0.5, 0.6) is 0 Å². The Balaban J connectivity index is 0.000000898. The summed E-state index contributed by atoms with van der Waals surface area (Å²) in [5, 5.41) is 0. The third-order valence-electron chi connectivity index (χ3n) is 5.86. The zero-order valence-corrected chi connectivity index (χ0v) is 23.0. The van der Waals surface area contributed by atoms with Crippen LogP contribution in [0.25, 0.3) is 0 Å². The summed E-state index contributed by atoms with van der Waals surface area (Å²) in [6.07, 6.45) is 10.7. The standard InChI is InChI=1S/C22H28N4O5S.C3H8.C2H2/c1-17-4-3-5-20(12-17)26(14-19-7-6-18(13-23-19)22(27)30-2)32(28,29)25-10-8-24(9-11-25)21-15-31-16-21;1-3-2;1-2/h3-7,12-13,21H,8-11,14-16H2,1-2H3;3H2,1-2H3;1-2H. The summed E-state index contributed by atoms with van der Waals surface area (Å²) in [5.74, 6) is -0.484. The maximum Gasteiger partial charge on any atom is 0.339 e. The van der Waals surface area contributed by atoms with Gasteiger partial charge in [0.1, 0.15) is 0 Å². The monoisotopic (exact) mass is 530 g/mol. The van der Waals surface area contributed by atoms with E-state index in [9.17, 15) is 13.2 Å². The van der Waals surface area contributed by atoms with Crippen molar-refractivity contribution in [1.82, 2.24) is 14.2 Å². The zero-order valence-electron chi connectivity index (χ0n) is 22.2. The Bertz CT molecular complexity index is 1110. The van der Waals surface area contributed by atoms with Gasteiger partial charge in [0.2, 0.25) is 0 Å². The second-order valence-electron chi connectivity index (χ2n) is 8.72. The third kappa shape index (κ3) is 8.01. The highest BCUT2D eigenvalue weighted by atomic mass is 32.2. The molecule has 0 amide bonds. The summed E-state index contributed by atoms with van der Waals surface area (Å²) in [5.41, 5.74) is 2.40. The number of methoxy groups -OCH3 is 1. The topological polar surface area (TPSA) is 92.3 Å². The highest BCUT2D eigenvalue weighted by molar-refractivity contribution is 7.90. The molecule has 1 aromatic heterocycles. The van der Waals surface area contributed by atoms with E-state index < -0.39 is 16.2 Å². The molecule has 0 saturated carbocycles. The number of piperazine rings is 1. The van der Waals surface area contributed by atoms with Crippen LogP contribution in [0, 0.1) is 19.8 Å². The van der Waals surface area contributed by atoms with Crippen molar-refractivity contribution >= 4 is 21.9 Å². The van der Waals surface area contributed by atoms with Gasteiger partial charge >= 0.3 is 16.2 Å². The van der Waals surface area contributed by atoms with Gasteiger partial charge in [-0.05, 0) is 36.8 Å². The van der Waals surface area contributed by atoms with Crippen LogP contribution in [0.15, 0.2) is 42.6 Å². The highest BCUT2D eigenvalue weighted by Crippen LogP contribution is 2.25. The number of aryl methyl sites for hydroxylation is 1. The molecule has 4 rings (SSSR count). The molecule has 2 fully saturated rings. The molecular weight excluding hydrogens is 492 g/mol. The average molecular weight is 531 g/mol. The number of esters is 1. The third-order valence-corrected chi connectivity index (χ3v) is 7.77. The fourth-order valence-corrected chi connectivity index (χ4v) is 5.44. The summed E-state index contributed by atoms with van der Waals surface area (Å²) in [4.78, 5) is 18.3. The Morgan fingerprint density at radius 2 is 1.78 bits per heavy atom. The molecule has 0 aliphatic carbocycles. The minimum absolute atomic E-state index is 0.0594. The number of aromatic nitrogens is 1. The number of benzene rings is 1. The first-order chi connectivity index (χ1) is 17.8. The molecule has 2 aliphatic heterocycles. The molecule has 0 atom stereocenters. The number of hydrogen-bond acceptors (Lipinski definition) is 7. The number of rotatable bonds is 7. The van der Waals surface area contributed by atoms with E-state index in [2.05, 4.69) is 36.6 Å². The largest absolute Gasteiger partial charge is 0.465 e. The molecule has 0 radical (unpaired) electrons. The van der Waals surface area contributed by atoms with E-state index in [4.69, 9.17) is 9.47 Å². The molecule has 0 unspecified atom stereocenters. The van der Waals surface area contributed by atoms with Gasteiger partial charge in [-0.1, -0.05) is 32.4 Å². The van der Waals surface area contributed by atoms with Crippen molar-refractivity contribution < 1.29 is 22.7 Å². The van der Waals surface area contributed by atoms with Crippen molar-refractivity contribution in [1.29, 1.82) is 0 Å². The normalized spacial score (nSPS) is 16.3. The van der Waals surface area contributed by atoms with E-state index in [0.29, 0.717) is 49.2 Å². The molecule has 0 spiro atoms. The molecule has 2 aliphatic rings. The Kier molecular flexibility index (Phi) is 12.0. The van der Waals surface area contributed by atoms with Crippen LogP contribution in [-0.4, -0.2) is 81.1 Å². The van der Waals surface area contributed by atoms with Crippen LogP contribution in [-0.2, 0) is 26.2 Å². The van der Waals surface area contributed by atoms with Crippen LogP contribution in [0.4, 0.5) is 5.69 Å². The molecule has 0 N–H and O–H groups in total. The molecule has 0 bridgehead atoms. The lowest BCUT2D eigenvalue weighted by atomic mass is 10.2. The first kappa shape index (κ1) is 30.3. The van der Waals surface area contributed by atoms with E-state index in [1.54, 1.807) is 18.2 Å². The van der Waals surface area contributed by atoms with Gasteiger partial charge in [0, 0.05) is 32.4 Å². The summed E-state index contributed by atoms with van der Waals surface area (Å²) in [6, 6.07) is 11.0. The molecule has 37 heavy (non-hydrogen) atoms. The number of terminal acetylenes is 1. The van der Waals surface area contributed by atoms with E-state index >= 15 is 0 Å². The minimum atomic E-state index is -3.78. The predicted octanol–water partition coefficient (Wildman–Crippen LogP) is 3.11. The molecule has 3 heterocycles. The van der Waals surface area contributed by atoms with Gasteiger partial charge in [-0.25, -0.2) is 4.79 Å². The maximum absolute atomic E-state index is 13.7. The molecule has 2 aromatic rings. The average Bonchev–Trinajstić information content (AvgIpc) is 2.88. The number of hydrogen-bond donors (Lipinski definition) is 0. The summed E-state index contributed by atoms with van der Waals surface area (Å²) in [6.45, 7) is 9.89.